The second kappa shape index (κ2) is 6.79. The fourth-order valence-electron chi connectivity index (χ4n) is 2.68. The van der Waals surface area contributed by atoms with Gasteiger partial charge in [0.05, 0.1) is 11.5 Å². The zero-order chi connectivity index (χ0) is 16.2. The molecule has 0 amide bonds. The lowest BCUT2D eigenvalue weighted by molar-refractivity contribution is 0.166. The first-order valence-electron chi connectivity index (χ1n) is 7.85. The summed E-state index contributed by atoms with van der Waals surface area (Å²) in [6, 6.07) is 11.9. The van der Waals surface area contributed by atoms with Crippen molar-refractivity contribution in [2.24, 2.45) is 5.92 Å². The lowest BCUT2D eigenvalue weighted by Crippen LogP contribution is -2.16. The van der Waals surface area contributed by atoms with Crippen LogP contribution in [0.4, 0.5) is 5.82 Å². The highest BCUT2D eigenvalue weighted by Gasteiger charge is 2.13. The smallest absolute Gasteiger partial charge is 0.231 e. The van der Waals surface area contributed by atoms with Crippen molar-refractivity contribution in [1.29, 1.82) is 0 Å². The molecule has 2 unspecified atom stereocenters. The first kappa shape index (κ1) is 15.5. The van der Waals surface area contributed by atoms with Crippen LogP contribution in [-0.4, -0.2) is 27.7 Å². The highest BCUT2D eigenvalue weighted by molar-refractivity contribution is 5.89. The van der Waals surface area contributed by atoms with E-state index in [4.69, 9.17) is 4.42 Å². The van der Waals surface area contributed by atoms with Crippen LogP contribution in [0.2, 0.25) is 0 Å². The monoisotopic (exact) mass is 311 g/mol. The number of anilines is 1. The Labute approximate surface area is 135 Å². The molecule has 120 valence electrons. The number of hydrogen-bond donors (Lipinski definition) is 2. The van der Waals surface area contributed by atoms with E-state index in [9.17, 15) is 5.11 Å². The molecule has 2 atom stereocenters. The van der Waals surface area contributed by atoms with Gasteiger partial charge in [0.2, 0.25) is 5.71 Å². The molecule has 23 heavy (non-hydrogen) atoms. The summed E-state index contributed by atoms with van der Waals surface area (Å²) in [5.74, 6) is 1.89. The fourth-order valence-corrected chi connectivity index (χ4v) is 2.68. The number of benzene rings is 1. The van der Waals surface area contributed by atoms with Crippen molar-refractivity contribution in [3.05, 3.63) is 42.7 Å². The largest absolute Gasteiger partial charge is 0.438 e. The Morgan fingerprint density at radius 1 is 1.17 bits per heavy atom. The predicted octanol–water partition coefficient (Wildman–Crippen LogP) is 3.71. The van der Waals surface area contributed by atoms with Gasteiger partial charge in [0.15, 0.2) is 0 Å². The molecular weight excluding hydrogens is 290 g/mol. The Hall–Kier alpha value is -2.40. The second-order valence-electron chi connectivity index (χ2n) is 5.99. The van der Waals surface area contributed by atoms with Gasteiger partial charge < -0.3 is 14.8 Å². The Morgan fingerprint density at radius 2 is 1.96 bits per heavy atom. The highest BCUT2D eigenvalue weighted by Crippen LogP contribution is 2.29. The van der Waals surface area contributed by atoms with Crippen LogP contribution in [0, 0.1) is 5.92 Å². The average Bonchev–Trinajstić information content (AvgIpc) is 2.98. The maximum atomic E-state index is 9.45. The van der Waals surface area contributed by atoms with Crippen LogP contribution in [0.3, 0.4) is 0 Å². The van der Waals surface area contributed by atoms with Crippen LogP contribution in [-0.2, 0) is 0 Å². The molecule has 3 aromatic rings. The molecule has 2 aromatic heterocycles. The van der Waals surface area contributed by atoms with Gasteiger partial charge in [-0.2, -0.15) is 0 Å². The lowest BCUT2D eigenvalue weighted by Gasteiger charge is -2.14. The number of nitrogens with zero attached hydrogens (tertiary/aromatic N) is 2. The number of hydrogen-bond acceptors (Lipinski definition) is 5. The number of aromatic nitrogens is 2. The molecule has 1 aromatic carbocycles. The van der Waals surface area contributed by atoms with Crippen molar-refractivity contribution in [2.45, 2.75) is 26.4 Å². The quantitative estimate of drug-likeness (QED) is 0.726. The Morgan fingerprint density at radius 3 is 2.70 bits per heavy atom. The van der Waals surface area contributed by atoms with Crippen molar-refractivity contribution >= 4 is 16.9 Å². The number of nitrogens with one attached hydrogen (secondary N) is 1. The summed E-state index contributed by atoms with van der Waals surface area (Å²) in [6.45, 7) is 4.65. The molecule has 0 saturated heterocycles. The number of fused-ring (bicyclic) bond motifs is 1. The minimum absolute atomic E-state index is 0.296. The number of furan rings is 1. The van der Waals surface area contributed by atoms with Crippen LogP contribution in [0.5, 0.6) is 0 Å². The zero-order valence-electron chi connectivity index (χ0n) is 13.4. The van der Waals surface area contributed by atoms with Crippen LogP contribution in [0.15, 0.2) is 47.1 Å². The van der Waals surface area contributed by atoms with Gasteiger partial charge in [0.1, 0.15) is 17.9 Å². The van der Waals surface area contributed by atoms with Gasteiger partial charge in [0.25, 0.3) is 0 Å². The first-order valence-corrected chi connectivity index (χ1v) is 7.85. The third-order valence-corrected chi connectivity index (χ3v) is 3.75. The first-order chi connectivity index (χ1) is 11.1. The average molecular weight is 311 g/mol. The molecular formula is C18H21N3O2. The van der Waals surface area contributed by atoms with Crippen LogP contribution >= 0.6 is 0 Å². The van der Waals surface area contributed by atoms with Crippen molar-refractivity contribution in [1.82, 2.24) is 9.97 Å². The molecule has 0 aliphatic heterocycles. The summed E-state index contributed by atoms with van der Waals surface area (Å²) in [6.07, 6.45) is 1.96. The Balaban J connectivity index is 1.83. The number of aliphatic hydroxyl groups is 1. The van der Waals surface area contributed by atoms with Crippen molar-refractivity contribution < 1.29 is 9.52 Å². The minimum atomic E-state index is -0.296. The van der Waals surface area contributed by atoms with Gasteiger partial charge in [-0.1, -0.05) is 37.3 Å². The Kier molecular flexibility index (Phi) is 4.57. The van der Waals surface area contributed by atoms with Crippen molar-refractivity contribution in [2.75, 3.05) is 11.9 Å². The van der Waals surface area contributed by atoms with Gasteiger partial charge in [-0.15, -0.1) is 0 Å². The van der Waals surface area contributed by atoms with Crippen molar-refractivity contribution in [3.8, 4) is 11.3 Å². The van der Waals surface area contributed by atoms with Gasteiger partial charge in [-0.25, -0.2) is 9.97 Å². The summed E-state index contributed by atoms with van der Waals surface area (Å²) in [5.41, 5.74) is 1.59. The molecule has 0 radical (unpaired) electrons. The summed E-state index contributed by atoms with van der Waals surface area (Å²) in [5, 5.41) is 13.7. The van der Waals surface area contributed by atoms with E-state index in [2.05, 4.69) is 22.2 Å². The molecule has 0 spiro atoms. The zero-order valence-corrected chi connectivity index (χ0v) is 13.4. The van der Waals surface area contributed by atoms with E-state index in [-0.39, 0.29) is 6.10 Å². The van der Waals surface area contributed by atoms with Gasteiger partial charge >= 0.3 is 0 Å². The van der Waals surface area contributed by atoms with E-state index in [1.165, 1.54) is 6.33 Å². The summed E-state index contributed by atoms with van der Waals surface area (Å²) >= 11 is 0. The van der Waals surface area contributed by atoms with Gasteiger partial charge in [0, 0.05) is 12.1 Å². The predicted molar refractivity (Wildman–Crippen MR) is 91.2 cm³/mol. The molecule has 0 aliphatic carbocycles. The summed E-state index contributed by atoms with van der Waals surface area (Å²) < 4.78 is 5.84. The molecule has 0 bridgehead atoms. The lowest BCUT2D eigenvalue weighted by atomic mass is 10.0. The molecule has 0 fully saturated rings. The summed E-state index contributed by atoms with van der Waals surface area (Å²) in [7, 11) is 0. The molecule has 0 aliphatic rings. The maximum absolute atomic E-state index is 9.45. The van der Waals surface area contributed by atoms with E-state index in [1.807, 2.05) is 43.3 Å². The normalized spacial score (nSPS) is 13.9. The molecule has 2 N–H and O–H groups in total. The van der Waals surface area contributed by atoms with E-state index >= 15 is 0 Å². The third-order valence-electron chi connectivity index (χ3n) is 3.75. The van der Waals surface area contributed by atoms with E-state index in [0.29, 0.717) is 11.6 Å². The van der Waals surface area contributed by atoms with E-state index in [1.54, 1.807) is 0 Å². The van der Waals surface area contributed by atoms with Crippen molar-refractivity contribution in [3.63, 3.8) is 0 Å². The highest BCUT2D eigenvalue weighted by atomic mass is 16.3. The van der Waals surface area contributed by atoms with Gasteiger partial charge in [-0.3, -0.25) is 0 Å². The molecule has 5 heteroatoms. The van der Waals surface area contributed by atoms with Crippen LogP contribution < -0.4 is 5.32 Å². The number of aliphatic hydroxyl groups excluding tert-OH is 1. The third kappa shape index (κ3) is 3.68. The van der Waals surface area contributed by atoms with E-state index < -0.39 is 0 Å². The molecule has 3 rings (SSSR count). The second-order valence-corrected chi connectivity index (χ2v) is 5.99. The Bertz CT molecular complexity index is 768. The maximum Gasteiger partial charge on any atom is 0.231 e. The SMILES string of the molecule is CC(O)CC(C)CNc1ncnc2oc(-c3ccccc3)cc12. The molecule has 2 heterocycles. The van der Waals surface area contributed by atoms with Crippen LogP contribution in [0.25, 0.3) is 22.4 Å². The summed E-state index contributed by atoms with van der Waals surface area (Å²) in [4.78, 5) is 8.53. The fraction of sp³-hybridized carbons (Fsp3) is 0.333. The minimum Gasteiger partial charge on any atom is -0.438 e. The van der Waals surface area contributed by atoms with Crippen LogP contribution in [0.1, 0.15) is 20.3 Å². The molecule has 5 nitrogen and oxygen atoms in total. The topological polar surface area (TPSA) is 71.2 Å². The number of rotatable bonds is 6. The van der Waals surface area contributed by atoms with Gasteiger partial charge in [-0.05, 0) is 25.3 Å². The van der Waals surface area contributed by atoms with E-state index in [0.717, 1.165) is 35.5 Å². The molecule has 0 saturated carbocycles. The standard InChI is InChI=1S/C18H21N3O2/c1-12(8-13(2)22)10-19-17-15-9-16(14-6-4-3-5-7-14)23-18(15)21-11-20-17/h3-7,9,11-13,22H,8,10H2,1-2H3,(H,19,20,21).